The van der Waals surface area contributed by atoms with Crippen LogP contribution in [0, 0.1) is 5.92 Å². The summed E-state index contributed by atoms with van der Waals surface area (Å²) in [7, 11) is 0. The number of nitrogens with one attached hydrogen (secondary N) is 1. The molecule has 6 heteroatoms. The maximum absolute atomic E-state index is 13.0. The van der Waals surface area contributed by atoms with Crippen molar-refractivity contribution in [1.82, 2.24) is 14.9 Å². The van der Waals surface area contributed by atoms with Crippen molar-refractivity contribution in [3.05, 3.63) is 60.6 Å². The second kappa shape index (κ2) is 8.71. The first-order valence-electron chi connectivity index (χ1n) is 11.2. The molecule has 0 aliphatic carbocycles. The third kappa shape index (κ3) is 4.44. The summed E-state index contributed by atoms with van der Waals surface area (Å²) >= 11 is 0. The van der Waals surface area contributed by atoms with Crippen LogP contribution in [-0.2, 0) is 4.74 Å². The summed E-state index contributed by atoms with van der Waals surface area (Å²) in [5.74, 6) is 1.60. The van der Waals surface area contributed by atoms with Crippen LogP contribution in [0.3, 0.4) is 0 Å². The first-order valence-corrected chi connectivity index (χ1v) is 11.2. The van der Waals surface area contributed by atoms with E-state index in [0.29, 0.717) is 5.92 Å². The van der Waals surface area contributed by atoms with Crippen molar-refractivity contribution >= 4 is 16.8 Å². The fraction of sp³-hybridized carbons (Fsp3) is 0.440. The van der Waals surface area contributed by atoms with Crippen molar-refractivity contribution in [2.45, 2.75) is 37.7 Å². The molecule has 6 nitrogen and oxygen atoms in total. The van der Waals surface area contributed by atoms with Crippen LogP contribution in [0.25, 0.3) is 10.9 Å². The van der Waals surface area contributed by atoms with E-state index in [-0.39, 0.29) is 11.5 Å². The van der Waals surface area contributed by atoms with E-state index in [4.69, 9.17) is 9.47 Å². The van der Waals surface area contributed by atoms with Gasteiger partial charge in [0.15, 0.2) is 0 Å². The monoisotopic (exact) mass is 419 g/mol. The minimum atomic E-state index is -0.0836. The number of H-pyrrole nitrogens is 1. The second-order valence-electron chi connectivity index (χ2n) is 8.78. The highest BCUT2D eigenvalue weighted by atomic mass is 16.5. The Hall–Kier alpha value is -2.86. The van der Waals surface area contributed by atoms with Gasteiger partial charge in [0, 0.05) is 49.4 Å². The number of hydrogen-bond donors (Lipinski definition) is 1. The summed E-state index contributed by atoms with van der Waals surface area (Å²) in [6, 6.07) is 11.7. The Morgan fingerprint density at radius 1 is 1.19 bits per heavy atom. The third-order valence-corrected chi connectivity index (χ3v) is 6.80. The molecule has 0 saturated carbocycles. The molecule has 1 atom stereocenters. The number of carbonyl (C=O) groups is 1. The zero-order valence-electron chi connectivity index (χ0n) is 17.8. The van der Waals surface area contributed by atoms with Gasteiger partial charge in [-0.3, -0.25) is 9.78 Å². The van der Waals surface area contributed by atoms with Gasteiger partial charge >= 0.3 is 0 Å². The largest absolute Gasteiger partial charge is 0.493 e. The number of likely N-dealkylation sites (tertiary alicyclic amines) is 1. The number of nitrogens with zero attached hydrogens (tertiary/aromatic N) is 2. The molecule has 2 aromatic heterocycles. The molecule has 1 unspecified atom stereocenters. The van der Waals surface area contributed by atoms with E-state index < -0.39 is 0 Å². The van der Waals surface area contributed by atoms with Crippen molar-refractivity contribution in [3.8, 4) is 5.75 Å². The molecule has 162 valence electrons. The molecular formula is C25H29N3O3. The molecule has 2 aliphatic rings. The van der Waals surface area contributed by atoms with Gasteiger partial charge in [0.05, 0.1) is 12.2 Å². The fourth-order valence-corrected chi connectivity index (χ4v) is 4.98. The van der Waals surface area contributed by atoms with Gasteiger partial charge in [-0.15, -0.1) is 0 Å². The van der Waals surface area contributed by atoms with Crippen molar-refractivity contribution in [1.29, 1.82) is 0 Å². The maximum Gasteiger partial charge on any atom is 0.253 e. The number of piperidine rings is 1. The lowest BCUT2D eigenvalue weighted by Crippen LogP contribution is -2.50. The van der Waals surface area contributed by atoms with Crippen LogP contribution >= 0.6 is 0 Å². The van der Waals surface area contributed by atoms with Crippen molar-refractivity contribution in [2.24, 2.45) is 5.92 Å². The highest BCUT2D eigenvalue weighted by molar-refractivity contribution is 5.98. The van der Waals surface area contributed by atoms with Gasteiger partial charge < -0.3 is 19.4 Å². The third-order valence-electron chi connectivity index (χ3n) is 6.80. The summed E-state index contributed by atoms with van der Waals surface area (Å²) < 4.78 is 12.2. The lowest BCUT2D eigenvalue weighted by molar-refractivity contribution is -0.125. The van der Waals surface area contributed by atoms with E-state index in [1.54, 1.807) is 12.4 Å². The summed E-state index contributed by atoms with van der Waals surface area (Å²) in [6.07, 6.45) is 10.4. The minimum absolute atomic E-state index is 0.0836. The van der Waals surface area contributed by atoms with E-state index >= 15 is 0 Å². The van der Waals surface area contributed by atoms with E-state index in [1.165, 1.54) is 0 Å². The number of hydrogen-bond acceptors (Lipinski definition) is 4. The van der Waals surface area contributed by atoms with Crippen LogP contribution < -0.4 is 4.74 Å². The molecule has 2 fully saturated rings. The van der Waals surface area contributed by atoms with E-state index in [1.807, 2.05) is 47.5 Å². The fourth-order valence-electron chi connectivity index (χ4n) is 4.98. The molecule has 5 rings (SSSR count). The molecular weight excluding hydrogens is 390 g/mol. The Morgan fingerprint density at radius 3 is 2.87 bits per heavy atom. The normalized spacial score (nSPS) is 20.8. The number of rotatable bonds is 5. The van der Waals surface area contributed by atoms with Crippen LogP contribution in [0.15, 0.2) is 55.0 Å². The average Bonchev–Trinajstić information content (AvgIpc) is 3.28. The molecule has 1 spiro atoms. The lowest BCUT2D eigenvalue weighted by atomic mass is 9.78. The Bertz CT molecular complexity index is 1020. The van der Waals surface area contributed by atoms with Crippen LogP contribution in [-0.4, -0.2) is 52.7 Å². The highest BCUT2D eigenvalue weighted by Crippen LogP contribution is 2.39. The second-order valence-corrected chi connectivity index (χ2v) is 8.78. The van der Waals surface area contributed by atoms with Crippen molar-refractivity contribution in [2.75, 3.05) is 26.3 Å². The molecule has 2 aliphatic heterocycles. The van der Waals surface area contributed by atoms with E-state index in [9.17, 15) is 4.79 Å². The van der Waals surface area contributed by atoms with Crippen LogP contribution in [0.4, 0.5) is 0 Å². The van der Waals surface area contributed by atoms with Crippen molar-refractivity contribution in [3.63, 3.8) is 0 Å². The standard InChI is InChI=1S/C25H29N3O3/c29-24(21-2-1-20-3-12-27-23(20)17-21)28-13-8-25(9-14-28)18-19(7-16-31-25)6-15-30-22-4-10-26-11-5-22/h1-5,10-12,17,19,27H,6-9,13-16,18H2. The summed E-state index contributed by atoms with van der Waals surface area (Å²) in [6.45, 7) is 3.03. The maximum atomic E-state index is 13.0. The number of aromatic amines is 1. The highest BCUT2D eigenvalue weighted by Gasteiger charge is 2.41. The van der Waals surface area contributed by atoms with Crippen LogP contribution in [0.1, 0.15) is 42.5 Å². The van der Waals surface area contributed by atoms with Gasteiger partial charge in [-0.05, 0) is 73.7 Å². The number of carbonyl (C=O) groups excluding carboxylic acids is 1. The van der Waals surface area contributed by atoms with Gasteiger partial charge in [0.1, 0.15) is 5.75 Å². The smallest absolute Gasteiger partial charge is 0.253 e. The SMILES string of the molecule is O=C(c1ccc2cc[nH]c2c1)N1CCC2(CC1)CC(CCOc1ccncc1)CCO2. The van der Waals surface area contributed by atoms with Crippen LogP contribution in [0.5, 0.6) is 5.75 Å². The number of amides is 1. The number of benzene rings is 1. The Balaban J connectivity index is 1.14. The zero-order valence-corrected chi connectivity index (χ0v) is 17.8. The first-order chi connectivity index (χ1) is 15.2. The number of pyridine rings is 1. The molecule has 31 heavy (non-hydrogen) atoms. The Labute approximate surface area is 182 Å². The van der Waals surface area contributed by atoms with Crippen molar-refractivity contribution < 1.29 is 14.3 Å². The molecule has 0 bridgehead atoms. The number of fused-ring (bicyclic) bond motifs is 1. The lowest BCUT2D eigenvalue weighted by Gasteiger charge is -2.46. The average molecular weight is 420 g/mol. The predicted octanol–water partition coefficient (Wildman–Crippen LogP) is 4.43. The topological polar surface area (TPSA) is 67.5 Å². The molecule has 1 N–H and O–H groups in total. The van der Waals surface area contributed by atoms with E-state index in [0.717, 1.165) is 80.6 Å². The molecule has 1 amide bonds. The molecule has 1 aromatic carbocycles. The molecule has 2 saturated heterocycles. The summed E-state index contributed by atoms with van der Waals surface area (Å²) in [5.41, 5.74) is 1.67. The Morgan fingerprint density at radius 2 is 2.03 bits per heavy atom. The zero-order chi connectivity index (χ0) is 21.1. The van der Waals surface area contributed by atoms with Gasteiger partial charge in [-0.2, -0.15) is 0 Å². The van der Waals surface area contributed by atoms with Gasteiger partial charge in [-0.1, -0.05) is 6.07 Å². The molecule has 3 aromatic rings. The number of aromatic nitrogens is 2. The number of ether oxygens (including phenoxy) is 2. The summed E-state index contributed by atoms with van der Waals surface area (Å²) in [5, 5.41) is 1.13. The Kier molecular flexibility index (Phi) is 5.64. The summed E-state index contributed by atoms with van der Waals surface area (Å²) in [4.78, 5) is 22.2. The van der Waals surface area contributed by atoms with Crippen LogP contribution in [0.2, 0.25) is 0 Å². The van der Waals surface area contributed by atoms with Gasteiger partial charge in [-0.25, -0.2) is 0 Å². The molecule has 4 heterocycles. The minimum Gasteiger partial charge on any atom is -0.493 e. The predicted molar refractivity (Wildman–Crippen MR) is 119 cm³/mol. The molecule has 0 radical (unpaired) electrons. The van der Waals surface area contributed by atoms with Gasteiger partial charge in [0.2, 0.25) is 0 Å². The quantitative estimate of drug-likeness (QED) is 0.664. The first kappa shape index (κ1) is 20.1. The van der Waals surface area contributed by atoms with Gasteiger partial charge in [0.25, 0.3) is 5.91 Å². The van der Waals surface area contributed by atoms with E-state index in [2.05, 4.69) is 9.97 Å².